The highest BCUT2D eigenvalue weighted by Crippen LogP contribution is 2.27. The molecule has 0 fully saturated rings. The predicted molar refractivity (Wildman–Crippen MR) is 95.9 cm³/mol. The summed E-state index contributed by atoms with van der Waals surface area (Å²) in [4.78, 5) is 0. The van der Waals surface area contributed by atoms with Crippen LogP contribution in [-0.2, 0) is 13.1 Å². The number of aromatic nitrogens is 2. The molecule has 0 unspecified atom stereocenters. The van der Waals surface area contributed by atoms with E-state index >= 15 is 0 Å². The van der Waals surface area contributed by atoms with Crippen LogP contribution in [0.2, 0.25) is 10.0 Å². The van der Waals surface area contributed by atoms with E-state index in [0.717, 1.165) is 13.1 Å². The van der Waals surface area contributed by atoms with Gasteiger partial charge in [0.15, 0.2) is 11.0 Å². The summed E-state index contributed by atoms with van der Waals surface area (Å²) in [5, 5.41) is 1.27. The minimum atomic E-state index is 0. The molecule has 0 spiro atoms. The standard InChI is InChI=1S/C18H27Cl2N2.ClH/c1-4-6-7-8-9-10-11-22-14(3)21(5-2)17-12-15(19)16(20)13-18(17)22;/h12-13H,4-11H2,1-3H3;1H/q+1;/p-1. The first-order valence-corrected chi connectivity index (χ1v) is 9.23. The van der Waals surface area contributed by atoms with Crippen LogP contribution < -0.4 is 17.0 Å². The van der Waals surface area contributed by atoms with E-state index in [-0.39, 0.29) is 12.4 Å². The first-order valence-electron chi connectivity index (χ1n) is 8.47. The summed E-state index contributed by atoms with van der Waals surface area (Å²) in [5.41, 5.74) is 2.38. The van der Waals surface area contributed by atoms with Crippen LogP contribution in [0.5, 0.6) is 0 Å². The van der Waals surface area contributed by atoms with Gasteiger partial charge < -0.3 is 12.4 Å². The second-order valence-corrected chi connectivity index (χ2v) is 6.78. The second kappa shape index (κ2) is 9.76. The largest absolute Gasteiger partial charge is 1.00 e. The summed E-state index contributed by atoms with van der Waals surface area (Å²) < 4.78 is 4.70. The predicted octanol–water partition coefficient (Wildman–Crippen LogP) is 2.93. The van der Waals surface area contributed by atoms with Crippen LogP contribution in [-0.4, -0.2) is 4.57 Å². The van der Waals surface area contributed by atoms with E-state index < -0.39 is 0 Å². The molecule has 2 nitrogen and oxygen atoms in total. The van der Waals surface area contributed by atoms with Crippen molar-refractivity contribution in [3.8, 4) is 0 Å². The average molecular weight is 378 g/mol. The van der Waals surface area contributed by atoms with Crippen molar-refractivity contribution >= 4 is 34.2 Å². The molecule has 0 bridgehead atoms. The van der Waals surface area contributed by atoms with E-state index in [2.05, 4.69) is 29.9 Å². The number of unbranched alkanes of at least 4 members (excludes halogenated alkanes) is 5. The molecule has 0 aliphatic heterocycles. The van der Waals surface area contributed by atoms with Gasteiger partial charge in [0.05, 0.1) is 23.1 Å². The third-order valence-corrected chi connectivity index (χ3v) is 5.15. The van der Waals surface area contributed by atoms with Crippen LogP contribution in [0.3, 0.4) is 0 Å². The van der Waals surface area contributed by atoms with Gasteiger partial charge in [-0.25, -0.2) is 9.13 Å². The quantitative estimate of drug-likeness (QED) is 0.494. The maximum absolute atomic E-state index is 6.23. The van der Waals surface area contributed by atoms with E-state index in [1.807, 2.05) is 12.1 Å². The molecule has 0 N–H and O–H groups in total. The van der Waals surface area contributed by atoms with Gasteiger partial charge >= 0.3 is 0 Å². The van der Waals surface area contributed by atoms with Gasteiger partial charge in [0.2, 0.25) is 0 Å². The Morgan fingerprint density at radius 3 is 2.22 bits per heavy atom. The summed E-state index contributed by atoms with van der Waals surface area (Å²) in [6.45, 7) is 8.61. The molecule has 1 aromatic heterocycles. The number of nitrogens with zero attached hydrogens (tertiary/aromatic N) is 2. The molecule has 23 heavy (non-hydrogen) atoms. The van der Waals surface area contributed by atoms with Crippen molar-refractivity contribution in [2.75, 3.05) is 0 Å². The van der Waals surface area contributed by atoms with E-state index in [1.54, 1.807) is 0 Å². The molecule has 0 radical (unpaired) electrons. The van der Waals surface area contributed by atoms with E-state index in [1.165, 1.54) is 55.4 Å². The molecule has 1 heterocycles. The van der Waals surface area contributed by atoms with Crippen LogP contribution in [0.4, 0.5) is 0 Å². The molecular weight excluding hydrogens is 351 g/mol. The number of halogens is 3. The highest BCUT2D eigenvalue weighted by molar-refractivity contribution is 6.42. The van der Waals surface area contributed by atoms with Crippen LogP contribution in [0.1, 0.15) is 58.2 Å². The molecule has 0 aliphatic carbocycles. The molecule has 0 saturated carbocycles. The Morgan fingerprint density at radius 2 is 1.57 bits per heavy atom. The third kappa shape index (κ3) is 4.78. The van der Waals surface area contributed by atoms with Crippen molar-refractivity contribution in [3.05, 3.63) is 28.0 Å². The fraction of sp³-hybridized carbons (Fsp3) is 0.611. The first kappa shape index (κ1) is 20.6. The van der Waals surface area contributed by atoms with Gasteiger partial charge in [-0.05, 0) is 19.8 Å². The lowest BCUT2D eigenvalue weighted by Gasteiger charge is -2.02. The van der Waals surface area contributed by atoms with Gasteiger partial charge in [0, 0.05) is 19.1 Å². The maximum Gasteiger partial charge on any atom is 0.254 e. The van der Waals surface area contributed by atoms with E-state index in [9.17, 15) is 0 Å². The van der Waals surface area contributed by atoms with Gasteiger partial charge in [0.1, 0.15) is 0 Å². The summed E-state index contributed by atoms with van der Waals surface area (Å²) in [6, 6.07) is 4.00. The molecule has 0 atom stereocenters. The summed E-state index contributed by atoms with van der Waals surface area (Å²) >= 11 is 12.4. The second-order valence-electron chi connectivity index (χ2n) is 5.97. The minimum Gasteiger partial charge on any atom is -1.00 e. The van der Waals surface area contributed by atoms with Crippen molar-refractivity contribution in [2.24, 2.45) is 0 Å². The lowest BCUT2D eigenvalue weighted by Crippen LogP contribution is -3.00. The van der Waals surface area contributed by atoms with Gasteiger partial charge in [-0.2, -0.15) is 0 Å². The molecule has 5 heteroatoms. The Labute approximate surface area is 156 Å². The van der Waals surface area contributed by atoms with Gasteiger partial charge in [-0.15, -0.1) is 0 Å². The summed E-state index contributed by atoms with van der Waals surface area (Å²) in [6.07, 6.45) is 7.88. The zero-order valence-corrected chi connectivity index (χ0v) is 16.6. The Kier molecular flexibility index (Phi) is 8.74. The molecule has 0 aliphatic rings. The van der Waals surface area contributed by atoms with Crippen molar-refractivity contribution in [2.45, 2.75) is 72.4 Å². The van der Waals surface area contributed by atoms with Crippen LogP contribution >= 0.6 is 23.2 Å². The highest BCUT2D eigenvalue weighted by atomic mass is 35.5. The van der Waals surface area contributed by atoms with E-state index in [4.69, 9.17) is 23.2 Å². The van der Waals surface area contributed by atoms with Crippen molar-refractivity contribution in [3.63, 3.8) is 0 Å². The summed E-state index contributed by atoms with van der Waals surface area (Å²) in [5.74, 6) is 1.28. The topological polar surface area (TPSA) is 8.81 Å². The SMILES string of the molecule is CCCCCCCC[n+]1c(C)n(CC)c2cc(Cl)c(Cl)cc21.[Cl-]. The van der Waals surface area contributed by atoms with Crippen LogP contribution in [0, 0.1) is 6.92 Å². The monoisotopic (exact) mass is 376 g/mol. The lowest BCUT2D eigenvalue weighted by molar-refractivity contribution is -0.678. The summed E-state index contributed by atoms with van der Waals surface area (Å²) in [7, 11) is 0. The molecule has 2 aromatic rings. The zero-order valence-electron chi connectivity index (χ0n) is 14.3. The first-order chi connectivity index (χ1) is 10.6. The third-order valence-electron chi connectivity index (χ3n) is 4.43. The molecule has 0 amide bonds. The molecule has 2 rings (SSSR count). The van der Waals surface area contributed by atoms with Crippen LogP contribution in [0.25, 0.3) is 11.0 Å². The smallest absolute Gasteiger partial charge is 0.254 e. The number of hydrogen-bond acceptors (Lipinski definition) is 0. The Morgan fingerprint density at radius 1 is 0.957 bits per heavy atom. The van der Waals surface area contributed by atoms with Crippen molar-refractivity contribution in [1.82, 2.24) is 4.57 Å². The fourth-order valence-electron chi connectivity index (χ4n) is 3.18. The number of rotatable bonds is 8. The number of aryl methyl sites for hydroxylation is 2. The molecular formula is C18H27Cl3N2. The number of fused-ring (bicyclic) bond motifs is 1. The number of imidazole rings is 1. The fourth-order valence-corrected chi connectivity index (χ4v) is 3.50. The highest BCUT2D eigenvalue weighted by Gasteiger charge is 2.21. The van der Waals surface area contributed by atoms with Gasteiger partial charge in [0.25, 0.3) is 5.82 Å². The Balaban J connectivity index is 0.00000264. The maximum atomic E-state index is 6.23. The Hall–Kier alpha value is -0.440. The minimum absolute atomic E-state index is 0. The van der Waals surface area contributed by atoms with E-state index in [0.29, 0.717) is 10.0 Å². The average Bonchev–Trinajstić information content (AvgIpc) is 2.75. The molecule has 1 aromatic carbocycles. The van der Waals surface area contributed by atoms with Crippen molar-refractivity contribution in [1.29, 1.82) is 0 Å². The lowest BCUT2D eigenvalue weighted by atomic mass is 10.1. The zero-order chi connectivity index (χ0) is 16.1. The Bertz CT molecular complexity index is 635. The molecule has 0 saturated heterocycles. The van der Waals surface area contributed by atoms with Crippen LogP contribution in [0.15, 0.2) is 12.1 Å². The van der Waals surface area contributed by atoms with Crippen molar-refractivity contribution < 1.29 is 17.0 Å². The van der Waals surface area contributed by atoms with Gasteiger partial charge in [-0.3, -0.25) is 0 Å². The number of benzene rings is 1. The number of hydrogen-bond donors (Lipinski definition) is 0. The molecule has 130 valence electrons. The van der Waals surface area contributed by atoms with Gasteiger partial charge in [-0.1, -0.05) is 55.8 Å². The normalized spacial score (nSPS) is 11.0.